The van der Waals surface area contributed by atoms with Gasteiger partial charge in [0.2, 0.25) is 0 Å². The van der Waals surface area contributed by atoms with Gasteiger partial charge in [-0.2, -0.15) is 0 Å². The lowest BCUT2D eigenvalue weighted by Crippen LogP contribution is -2.38. The van der Waals surface area contributed by atoms with Crippen molar-refractivity contribution in [1.82, 2.24) is 4.90 Å². The Labute approximate surface area is 148 Å². The van der Waals surface area contributed by atoms with Crippen LogP contribution in [0.3, 0.4) is 0 Å². The molecule has 1 aliphatic heterocycles. The first-order valence-corrected chi connectivity index (χ1v) is 8.53. The number of carbonyl (C=O) groups excluding carboxylic acids is 2. The summed E-state index contributed by atoms with van der Waals surface area (Å²) in [5.74, 6) is 0.759. The highest BCUT2D eigenvalue weighted by Crippen LogP contribution is 2.51. The Hall–Kier alpha value is -2.30. The average molecular weight is 343 g/mol. The summed E-state index contributed by atoms with van der Waals surface area (Å²) < 4.78 is 10.9. The molecule has 1 aromatic rings. The Kier molecular flexibility index (Phi) is 3.93. The van der Waals surface area contributed by atoms with Gasteiger partial charge in [0.25, 0.3) is 0 Å². The summed E-state index contributed by atoms with van der Waals surface area (Å²) in [6, 6.07) is 5.51. The number of hydrogen-bond donors (Lipinski definition) is 0. The maximum Gasteiger partial charge on any atom is 0.414 e. The Morgan fingerprint density at radius 2 is 2.00 bits per heavy atom. The highest BCUT2D eigenvalue weighted by Gasteiger charge is 2.52. The Balaban J connectivity index is 2.08. The summed E-state index contributed by atoms with van der Waals surface area (Å²) in [6.45, 7) is 10.2. The molecule has 1 aliphatic carbocycles. The minimum atomic E-state index is -0.584. The van der Waals surface area contributed by atoms with Gasteiger partial charge in [0, 0.05) is 29.3 Å². The van der Waals surface area contributed by atoms with E-state index in [-0.39, 0.29) is 11.7 Å². The van der Waals surface area contributed by atoms with Crippen LogP contribution in [0, 0.1) is 5.92 Å². The third kappa shape index (κ3) is 2.71. The molecule has 1 fully saturated rings. The van der Waals surface area contributed by atoms with Gasteiger partial charge in [0.15, 0.2) is 5.78 Å². The molecule has 0 N–H and O–H groups in total. The highest BCUT2D eigenvalue weighted by molar-refractivity contribution is 6.08. The minimum absolute atomic E-state index is 0.0900. The molecule has 0 radical (unpaired) electrons. The van der Waals surface area contributed by atoms with E-state index in [1.165, 1.54) is 0 Å². The van der Waals surface area contributed by atoms with Gasteiger partial charge in [0.1, 0.15) is 11.4 Å². The van der Waals surface area contributed by atoms with Crippen LogP contribution in [0.5, 0.6) is 5.75 Å². The number of ketones is 1. The van der Waals surface area contributed by atoms with Gasteiger partial charge < -0.3 is 9.47 Å². The number of carbonyl (C=O) groups is 2. The molecule has 5 heteroatoms. The van der Waals surface area contributed by atoms with E-state index in [0.29, 0.717) is 23.6 Å². The fourth-order valence-electron chi connectivity index (χ4n) is 3.71. The van der Waals surface area contributed by atoms with E-state index in [4.69, 9.17) is 9.47 Å². The van der Waals surface area contributed by atoms with Crippen molar-refractivity contribution >= 4 is 11.9 Å². The molecular formula is C20H25NO4. The standard InChI is InChI=1S/C20H25NO4/c1-12-11-21(18(23)25-19(2,3)4)17-10-16(22)14-8-7-13(24-6)9-15(14)20(12,17)5/h7-10,12H,11H2,1-6H3/t12-,20-/m1/s1. The van der Waals surface area contributed by atoms with Crippen molar-refractivity contribution in [2.24, 2.45) is 5.92 Å². The van der Waals surface area contributed by atoms with E-state index < -0.39 is 17.1 Å². The van der Waals surface area contributed by atoms with Gasteiger partial charge in [-0.3, -0.25) is 9.69 Å². The van der Waals surface area contributed by atoms with Crippen molar-refractivity contribution in [3.63, 3.8) is 0 Å². The summed E-state index contributed by atoms with van der Waals surface area (Å²) in [6.07, 6.45) is 1.18. The van der Waals surface area contributed by atoms with E-state index in [0.717, 1.165) is 5.56 Å². The maximum atomic E-state index is 12.7. The van der Waals surface area contributed by atoms with Crippen molar-refractivity contribution in [2.75, 3.05) is 13.7 Å². The molecule has 2 atom stereocenters. The SMILES string of the molecule is COc1ccc2c(c1)[C@]1(C)C(=CC2=O)N(C(=O)OC(C)(C)C)C[C@H]1C. The molecule has 5 nitrogen and oxygen atoms in total. The topological polar surface area (TPSA) is 55.8 Å². The molecule has 1 heterocycles. The summed E-state index contributed by atoms with van der Waals surface area (Å²) in [5, 5.41) is 0. The van der Waals surface area contributed by atoms with Crippen molar-refractivity contribution in [3.05, 3.63) is 41.1 Å². The van der Waals surface area contributed by atoms with Crippen LogP contribution in [0.15, 0.2) is 30.0 Å². The smallest absolute Gasteiger partial charge is 0.414 e. The second-order valence-corrected chi connectivity index (χ2v) is 8.00. The lowest BCUT2D eigenvalue weighted by atomic mass is 9.68. The number of ether oxygens (including phenoxy) is 2. The number of benzene rings is 1. The number of fused-ring (bicyclic) bond motifs is 3. The van der Waals surface area contributed by atoms with E-state index in [2.05, 4.69) is 13.8 Å². The van der Waals surface area contributed by atoms with Crippen LogP contribution >= 0.6 is 0 Å². The predicted molar refractivity (Wildman–Crippen MR) is 94.9 cm³/mol. The lowest BCUT2D eigenvalue weighted by molar-refractivity contribution is 0.0330. The lowest BCUT2D eigenvalue weighted by Gasteiger charge is -2.36. The molecule has 0 spiro atoms. The van der Waals surface area contributed by atoms with Crippen LogP contribution in [-0.4, -0.2) is 36.0 Å². The summed E-state index contributed by atoms with van der Waals surface area (Å²) in [7, 11) is 1.61. The van der Waals surface area contributed by atoms with Crippen LogP contribution in [-0.2, 0) is 10.2 Å². The first kappa shape index (κ1) is 17.5. The van der Waals surface area contributed by atoms with Crippen LogP contribution in [0.4, 0.5) is 4.79 Å². The fraction of sp³-hybridized carbons (Fsp3) is 0.500. The Morgan fingerprint density at radius 3 is 2.60 bits per heavy atom. The Morgan fingerprint density at radius 1 is 1.32 bits per heavy atom. The third-order valence-electron chi connectivity index (χ3n) is 5.20. The zero-order valence-corrected chi connectivity index (χ0v) is 15.7. The molecule has 0 aromatic heterocycles. The van der Waals surface area contributed by atoms with Gasteiger partial charge in [0.05, 0.1) is 7.11 Å². The number of nitrogens with zero attached hydrogens (tertiary/aromatic N) is 1. The number of methoxy groups -OCH3 is 1. The summed E-state index contributed by atoms with van der Waals surface area (Å²) >= 11 is 0. The summed E-state index contributed by atoms with van der Waals surface area (Å²) in [4.78, 5) is 26.9. The first-order chi connectivity index (χ1) is 11.6. The van der Waals surface area contributed by atoms with Crippen molar-refractivity contribution in [2.45, 2.75) is 45.6 Å². The van der Waals surface area contributed by atoms with Gasteiger partial charge in [-0.25, -0.2) is 4.79 Å². The first-order valence-electron chi connectivity index (χ1n) is 8.53. The van der Waals surface area contributed by atoms with Crippen LogP contribution in [0.2, 0.25) is 0 Å². The molecule has 0 unspecified atom stereocenters. The zero-order valence-electron chi connectivity index (χ0n) is 15.7. The molecule has 2 aliphatic rings. The molecule has 0 saturated carbocycles. The van der Waals surface area contributed by atoms with E-state index in [9.17, 15) is 9.59 Å². The molecule has 1 saturated heterocycles. The molecule has 25 heavy (non-hydrogen) atoms. The van der Waals surface area contributed by atoms with Gasteiger partial charge in [-0.15, -0.1) is 0 Å². The highest BCUT2D eigenvalue weighted by atomic mass is 16.6. The molecule has 0 bridgehead atoms. The maximum absolute atomic E-state index is 12.7. The monoisotopic (exact) mass is 343 g/mol. The van der Waals surface area contributed by atoms with Crippen LogP contribution < -0.4 is 4.74 Å². The zero-order chi connectivity index (χ0) is 18.6. The average Bonchev–Trinajstić information content (AvgIpc) is 2.79. The molecular weight excluding hydrogens is 318 g/mol. The van der Waals surface area contributed by atoms with E-state index in [1.807, 2.05) is 26.8 Å². The van der Waals surface area contributed by atoms with Crippen molar-refractivity contribution in [1.29, 1.82) is 0 Å². The quantitative estimate of drug-likeness (QED) is 0.775. The second-order valence-electron chi connectivity index (χ2n) is 8.00. The van der Waals surface area contributed by atoms with Crippen LogP contribution in [0.25, 0.3) is 0 Å². The van der Waals surface area contributed by atoms with Crippen molar-refractivity contribution in [3.8, 4) is 5.75 Å². The van der Waals surface area contributed by atoms with Gasteiger partial charge in [-0.05, 0) is 57.4 Å². The van der Waals surface area contributed by atoms with Crippen LogP contribution in [0.1, 0.15) is 50.5 Å². The largest absolute Gasteiger partial charge is 0.497 e. The number of allylic oxidation sites excluding steroid dienone is 2. The number of hydrogen-bond acceptors (Lipinski definition) is 4. The summed E-state index contributed by atoms with van der Waals surface area (Å²) in [5.41, 5.74) is 1.27. The van der Waals surface area contributed by atoms with E-state index >= 15 is 0 Å². The number of likely N-dealkylation sites (tertiary alicyclic amines) is 1. The van der Waals surface area contributed by atoms with Gasteiger partial charge in [-0.1, -0.05) is 6.92 Å². The van der Waals surface area contributed by atoms with Crippen molar-refractivity contribution < 1.29 is 19.1 Å². The fourth-order valence-corrected chi connectivity index (χ4v) is 3.71. The molecule has 1 amide bonds. The Bertz CT molecular complexity index is 774. The number of amides is 1. The minimum Gasteiger partial charge on any atom is -0.497 e. The third-order valence-corrected chi connectivity index (χ3v) is 5.20. The van der Waals surface area contributed by atoms with E-state index in [1.54, 1.807) is 30.2 Å². The molecule has 3 rings (SSSR count). The second kappa shape index (κ2) is 5.61. The van der Waals surface area contributed by atoms with Gasteiger partial charge >= 0.3 is 6.09 Å². The number of rotatable bonds is 1. The molecule has 1 aromatic carbocycles. The molecule has 134 valence electrons. The predicted octanol–water partition coefficient (Wildman–Crippen LogP) is 3.92. The normalized spacial score (nSPS) is 25.2.